The number of rotatable bonds is 6. The molecule has 0 unspecified atom stereocenters. The van der Waals surface area contributed by atoms with Crippen LogP contribution in [-0.4, -0.2) is 55.8 Å². The first-order valence-electron chi connectivity index (χ1n) is 6.92. The average molecular weight is 315 g/mol. The lowest BCUT2D eigenvalue weighted by Crippen LogP contribution is -2.32. The normalized spacial score (nSPS) is 16.0. The van der Waals surface area contributed by atoms with Gasteiger partial charge in [-0.3, -0.25) is 0 Å². The number of piperidine rings is 1. The van der Waals surface area contributed by atoms with Gasteiger partial charge in [0.1, 0.15) is 0 Å². The van der Waals surface area contributed by atoms with Crippen LogP contribution in [0.2, 0.25) is 0 Å². The maximum Gasteiger partial charge on any atom is 0.231 e. The minimum Gasteiger partial charge on any atom is -0.368 e. The topological polar surface area (TPSA) is 126 Å². The zero-order valence-electron chi connectivity index (χ0n) is 12.0. The zero-order chi connectivity index (χ0) is 15.3. The molecule has 118 valence electrons. The fourth-order valence-electron chi connectivity index (χ4n) is 2.09. The van der Waals surface area contributed by atoms with E-state index in [1.54, 1.807) is 0 Å². The van der Waals surface area contributed by atoms with E-state index in [0.29, 0.717) is 11.9 Å². The van der Waals surface area contributed by atoms with E-state index in [2.05, 4.69) is 29.9 Å². The van der Waals surface area contributed by atoms with Crippen LogP contribution in [0.25, 0.3) is 0 Å². The Bertz CT molecular complexity index is 572. The van der Waals surface area contributed by atoms with Gasteiger partial charge in [-0.1, -0.05) is 0 Å². The van der Waals surface area contributed by atoms with E-state index in [9.17, 15) is 8.42 Å². The van der Waals surface area contributed by atoms with Crippen molar-refractivity contribution >= 4 is 27.9 Å². The van der Waals surface area contributed by atoms with Crippen LogP contribution >= 0.6 is 0 Å². The minimum atomic E-state index is -3.26. The van der Waals surface area contributed by atoms with Gasteiger partial charge in [0.15, 0.2) is 0 Å². The predicted octanol–water partition coefficient (Wildman–Crippen LogP) is -0.595. The highest BCUT2D eigenvalue weighted by Crippen LogP contribution is 2.17. The number of nitrogens with zero attached hydrogens (tertiary/aromatic N) is 4. The molecule has 0 saturated carbocycles. The average Bonchev–Trinajstić information content (AvgIpc) is 2.47. The second kappa shape index (κ2) is 6.85. The molecule has 0 bridgehead atoms. The van der Waals surface area contributed by atoms with Crippen molar-refractivity contribution < 1.29 is 8.42 Å². The summed E-state index contributed by atoms with van der Waals surface area (Å²) < 4.78 is 24.9. The standard InChI is InChI=1S/C11H21N7O2S/c1-13-21(19,20)8-5-14-10-15-9(12)16-11(17-10)18-6-3-2-4-7-18/h13H,2-8H2,1H3,(H3,12,14,15,16,17). The number of hydrogen-bond donors (Lipinski definition) is 3. The fourth-order valence-corrected chi connectivity index (χ4v) is 2.67. The molecule has 2 heterocycles. The maximum atomic E-state index is 11.3. The summed E-state index contributed by atoms with van der Waals surface area (Å²) in [5, 5.41) is 2.87. The van der Waals surface area contributed by atoms with Gasteiger partial charge in [-0.05, 0) is 26.3 Å². The van der Waals surface area contributed by atoms with Crippen molar-refractivity contribution in [2.24, 2.45) is 0 Å². The number of nitrogens with two attached hydrogens (primary N) is 1. The van der Waals surface area contributed by atoms with Gasteiger partial charge in [0.05, 0.1) is 5.75 Å². The molecule has 4 N–H and O–H groups in total. The molecule has 0 atom stereocenters. The summed E-state index contributed by atoms with van der Waals surface area (Å²) in [5.41, 5.74) is 5.69. The molecule has 1 aliphatic heterocycles. The van der Waals surface area contributed by atoms with Gasteiger partial charge in [0, 0.05) is 19.6 Å². The Labute approximate surface area is 124 Å². The molecular formula is C11H21N7O2S. The third-order valence-electron chi connectivity index (χ3n) is 3.24. The van der Waals surface area contributed by atoms with Crippen LogP contribution in [0.5, 0.6) is 0 Å². The van der Waals surface area contributed by atoms with Gasteiger partial charge < -0.3 is 16.0 Å². The molecule has 0 amide bonds. The van der Waals surface area contributed by atoms with Crippen LogP contribution in [0, 0.1) is 0 Å². The molecule has 1 aromatic rings. The van der Waals surface area contributed by atoms with E-state index in [1.807, 2.05) is 0 Å². The summed E-state index contributed by atoms with van der Waals surface area (Å²) >= 11 is 0. The first-order chi connectivity index (χ1) is 10.00. The molecule has 9 nitrogen and oxygen atoms in total. The Hall–Kier alpha value is -1.68. The quantitative estimate of drug-likeness (QED) is 0.635. The number of aromatic nitrogens is 3. The van der Waals surface area contributed by atoms with E-state index in [4.69, 9.17) is 5.73 Å². The van der Waals surface area contributed by atoms with Crippen molar-refractivity contribution in [3.63, 3.8) is 0 Å². The predicted molar refractivity (Wildman–Crippen MR) is 81.6 cm³/mol. The highest BCUT2D eigenvalue weighted by molar-refractivity contribution is 7.89. The summed E-state index contributed by atoms with van der Waals surface area (Å²) in [6.07, 6.45) is 3.42. The Kier molecular flexibility index (Phi) is 5.12. The SMILES string of the molecule is CNS(=O)(=O)CCNc1nc(N)nc(N2CCCCC2)n1. The third-order valence-corrected chi connectivity index (χ3v) is 4.61. The summed E-state index contributed by atoms with van der Waals surface area (Å²) in [5.74, 6) is 0.911. The van der Waals surface area contributed by atoms with Gasteiger partial charge >= 0.3 is 0 Å². The van der Waals surface area contributed by atoms with Crippen molar-refractivity contribution in [1.29, 1.82) is 0 Å². The van der Waals surface area contributed by atoms with Crippen LogP contribution in [0.3, 0.4) is 0 Å². The molecule has 1 fully saturated rings. The zero-order valence-corrected chi connectivity index (χ0v) is 12.9. The van der Waals surface area contributed by atoms with Gasteiger partial charge in [0.2, 0.25) is 27.9 Å². The fraction of sp³-hybridized carbons (Fsp3) is 0.727. The molecule has 1 aliphatic rings. The van der Waals surface area contributed by atoms with E-state index in [0.717, 1.165) is 25.9 Å². The molecule has 10 heteroatoms. The molecule has 1 aromatic heterocycles. The van der Waals surface area contributed by atoms with Crippen molar-refractivity contribution in [1.82, 2.24) is 19.7 Å². The molecule has 0 aliphatic carbocycles. The van der Waals surface area contributed by atoms with Crippen molar-refractivity contribution in [2.45, 2.75) is 19.3 Å². The smallest absolute Gasteiger partial charge is 0.231 e. The number of nitrogens with one attached hydrogen (secondary N) is 2. The lowest BCUT2D eigenvalue weighted by atomic mass is 10.1. The van der Waals surface area contributed by atoms with Crippen molar-refractivity contribution in [3.8, 4) is 0 Å². The van der Waals surface area contributed by atoms with Crippen LogP contribution in [-0.2, 0) is 10.0 Å². The van der Waals surface area contributed by atoms with E-state index < -0.39 is 10.0 Å². The molecule has 0 radical (unpaired) electrons. The third kappa shape index (κ3) is 4.67. The highest BCUT2D eigenvalue weighted by atomic mass is 32.2. The molecule has 0 aromatic carbocycles. The Morgan fingerprint density at radius 3 is 2.57 bits per heavy atom. The highest BCUT2D eigenvalue weighted by Gasteiger charge is 2.15. The van der Waals surface area contributed by atoms with E-state index >= 15 is 0 Å². The van der Waals surface area contributed by atoms with Gasteiger partial charge in [-0.2, -0.15) is 15.0 Å². The Morgan fingerprint density at radius 1 is 1.19 bits per heavy atom. The van der Waals surface area contributed by atoms with Crippen molar-refractivity contribution in [2.75, 3.05) is 48.4 Å². The summed E-state index contributed by atoms with van der Waals surface area (Å²) in [6.45, 7) is 2.00. The monoisotopic (exact) mass is 315 g/mol. The lowest BCUT2D eigenvalue weighted by Gasteiger charge is -2.26. The number of sulfonamides is 1. The van der Waals surface area contributed by atoms with Crippen LogP contribution in [0.15, 0.2) is 0 Å². The van der Waals surface area contributed by atoms with Crippen LogP contribution < -0.4 is 20.7 Å². The molecule has 21 heavy (non-hydrogen) atoms. The second-order valence-electron chi connectivity index (χ2n) is 4.81. The second-order valence-corrected chi connectivity index (χ2v) is 6.86. The summed E-state index contributed by atoms with van der Waals surface area (Å²) in [6, 6.07) is 0. The number of nitrogen functional groups attached to an aromatic ring is 1. The van der Waals surface area contributed by atoms with Gasteiger partial charge in [-0.25, -0.2) is 13.1 Å². The first kappa shape index (κ1) is 15.7. The summed E-state index contributed by atoms with van der Waals surface area (Å²) in [7, 11) is -1.88. The maximum absolute atomic E-state index is 11.3. The Morgan fingerprint density at radius 2 is 1.90 bits per heavy atom. The lowest BCUT2D eigenvalue weighted by molar-refractivity contribution is 0.568. The van der Waals surface area contributed by atoms with Gasteiger partial charge in [-0.15, -0.1) is 0 Å². The molecular weight excluding hydrogens is 294 g/mol. The molecule has 0 spiro atoms. The van der Waals surface area contributed by atoms with Crippen molar-refractivity contribution in [3.05, 3.63) is 0 Å². The number of anilines is 3. The van der Waals surface area contributed by atoms with E-state index in [1.165, 1.54) is 13.5 Å². The van der Waals surface area contributed by atoms with Crippen LogP contribution in [0.4, 0.5) is 17.8 Å². The molecule has 1 saturated heterocycles. The minimum absolute atomic E-state index is 0.0614. The molecule has 2 rings (SSSR count). The summed E-state index contributed by atoms with van der Waals surface area (Å²) in [4.78, 5) is 14.5. The largest absolute Gasteiger partial charge is 0.368 e. The Balaban J connectivity index is 2.01. The van der Waals surface area contributed by atoms with Gasteiger partial charge in [0.25, 0.3) is 0 Å². The first-order valence-corrected chi connectivity index (χ1v) is 8.57. The van der Waals surface area contributed by atoms with E-state index in [-0.39, 0.29) is 18.2 Å². The number of hydrogen-bond acceptors (Lipinski definition) is 8. The van der Waals surface area contributed by atoms with Crippen LogP contribution in [0.1, 0.15) is 19.3 Å².